The molecule has 0 aliphatic carbocycles. The molecular weight excluding hydrogens is 352 g/mol. The number of para-hydroxylation sites is 1. The molecular formula is C22H28N4O2. The summed E-state index contributed by atoms with van der Waals surface area (Å²) < 4.78 is 5.39. The summed E-state index contributed by atoms with van der Waals surface area (Å²) in [5, 5.41) is 6.66. The Bertz CT molecular complexity index is 818. The summed E-state index contributed by atoms with van der Waals surface area (Å²) in [5.74, 6) is 1.88. The molecule has 0 aromatic heterocycles. The first kappa shape index (κ1) is 19.7. The van der Waals surface area contributed by atoms with Gasteiger partial charge < -0.3 is 20.3 Å². The van der Waals surface area contributed by atoms with Crippen molar-refractivity contribution in [2.24, 2.45) is 4.99 Å². The second-order valence-electron chi connectivity index (χ2n) is 6.73. The van der Waals surface area contributed by atoms with Crippen molar-refractivity contribution in [1.29, 1.82) is 0 Å². The Balaban J connectivity index is 1.47. The van der Waals surface area contributed by atoms with Gasteiger partial charge in [-0.2, -0.15) is 0 Å². The predicted molar refractivity (Wildman–Crippen MR) is 113 cm³/mol. The Morgan fingerprint density at radius 1 is 1.14 bits per heavy atom. The summed E-state index contributed by atoms with van der Waals surface area (Å²) in [6.07, 6.45) is 2.45. The van der Waals surface area contributed by atoms with E-state index in [-0.39, 0.29) is 5.91 Å². The van der Waals surface area contributed by atoms with Crippen molar-refractivity contribution < 1.29 is 9.53 Å². The van der Waals surface area contributed by atoms with Crippen molar-refractivity contribution in [2.45, 2.75) is 25.8 Å². The number of nitrogens with zero attached hydrogens (tertiary/aromatic N) is 2. The van der Waals surface area contributed by atoms with Gasteiger partial charge in [-0.25, -0.2) is 0 Å². The van der Waals surface area contributed by atoms with Crippen LogP contribution in [-0.4, -0.2) is 39.1 Å². The van der Waals surface area contributed by atoms with Crippen molar-refractivity contribution in [3.63, 3.8) is 0 Å². The lowest BCUT2D eigenvalue weighted by Crippen LogP contribution is -2.37. The number of carbonyl (C=O) groups is 1. The van der Waals surface area contributed by atoms with E-state index in [0.29, 0.717) is 13.0 Å². The van der Waals surface area contributed by atoms with Crippen molar-refractivity contribution in [3.8, 4) is 5.75 Å². The molecule has 1 heterocycles. The van der Waals surface area contributed by atoms with Crippen LogP contribution in [0.3, 0.4) is 0 Å². The number of carbonyl (C=O) groups excluding carboxylic acids is 1. The molecule has 0 unspecified atom stereocenters. The molecule has 0 saturated carbocycles. The van der Waals surface area contributed by atoms with E-state index in [1.54, 1.807) is 14.2 Å². The molecule has 0 spiro atoms. The lowest BCUT2D eigenvalue weighted by Gasteiger charge is -2.16. The Kier molecular flexibility index (Phi) is 6.89. The average molecular weight is 380 g/mol. The number of hydrogen-bond donors (Lipinski definition) is 2. The minimum Gasteiger partial charge on any atom is -0.496 e. The first-order valence-corrected chi connectivity index (χ1v) is 9.67. The Morgan fingerprint density at radius 3 is 2.61 bits per heavy atom. The van der Waals surface area contributed by atoms with Gasteiger partial charge >= 0.3 is 0 Å². The molecule has 1 saturated heterocycles. The van der Waals surface area contributed by atoms with Gasteiger partial charge in [0, 0.05) is 38.8 Å². The van der Waals surface area contributed by atoms with E-state index >= 15 is 0 Å². The molecule has 1 amide bonds. The first-order chi connectivity index (χ1) is 13.7. The molecule has 2 N–H and O–H groups in total. The molecule has 1 fully saturated rings. The number of anilines is 1. The van der Waals surface area contributed by atoms with Gasteiger partial charge in [0.15, 0.2) is 5.96 Å². The molecule has 0 bridgehead atoms. The fraction of sp³-hybridized carbons (Fsp3) is 0.364. The van der Waals surface area contributed by atoms with Crippen molar-refractivity contribution in [1.82, 2.24) is 10.6 Å². The van der Waals surface area contributed by atoms with Gasteiger partial charge in [0.1, 0.15) is 5.75 Å². The Hall–Kier alpha value is -3.02. The van der Waals surface area contributed by atoms with E-state index < -0.39 is 0 Å². The highest BCUT2D eigenvalue weighted by Crippen LogP contribution is 2.21. The molecule has 148 valence electrons. The molecule has 28 heavy (non-hydrogen) atoms. The van der Waals surface area contributed by atoms with Gasteiger partial charge in [-0.05, 0) is 42.2 Å². The van der Waals surface area contributed by atoms with Crippen molar-refractivity contribution in [3.05, 3.63) is 59.7 Å². The maximum atomic E-state index is 11.8. The molecule has 0 radical (unpaired) electrons. The van der Waals surface area contributed by atoms with Crippen LogP contribution in [0.1, 0.15) is 24.0 Å². The van der Waals surface area contributed by atoms with Crippen LogP contribution in [0.25, 0.3) is 0 Å². The normalized spacial score (nSPS) is 14.3. The maximum absolute atomic E-state index is 11.8. The highest BCUT2D eigenvalue weighted by atomic mass is 16.5. The molecule has 6 nitrogen and oxygen atoms in total. The molecule has 1 aliphatic rings. The van der Waals surface area contributed by atoms with Crippen LogP contribution in [0, 0.1) is 0 Å². The third-order valence-electron chi connectivity index (χ3n) is 4.88. The third kappa shape index (κ3) is 5.03. The van der Waals surface area contributed by atoms with E-state index in [9.17, 15) is 4.79 Å². The minimum atomic E-state index is 0.213. The Labute approximate surface area is 166 Å². The standard InChI is InChI=1S/C22H28N4O2/c1-23-22(24-14-13-18-6-3-4-7-20(18)28-2)25-16-17-9-11-19(12-10-17)26-15-5-8-21(26)27/h3-4,6-7,9-12H,5,8,13-16H2,1-2H3,(H2,23,24,25). The summed E-state index contributed by atoms with van der Waals surface area (Å²) in [6, 6.07) is 16.2. The quantitative estimate of drug-likeness (QED) is 0.573. The molecule has 6 heteroatoms. The first-order valence-electron chi connectivity index (χ1n) is 9.67. The smallest absolute Gasteiger partial charge is 0.227 e. The largest absolute Gasteiger partial charge is 0.496 e. The second-order valence-corrected chi connectivity index (χ2v) is 6.73. The lowest BCUT2D eigenvalue weighted by molar-refractivity contribution is -0.117. The van der Waals surface area contributed by atoms with E-state index in [1.807, 2.05) is 35.2 Å². The van der Waals surface area contributed by atoms with Gasteiger partial charge in [0.25, 0.3) is 0 Å². The lowest BCUT2D eigenvalue weighted by atomic mass is 10.1. The van der Waals surface area contributed by atoms with Crippen LogP contribution in [0.15, 0.2) is 53.5 Å². The van der Waals surface area contributed by atoms with E-state index in [1.165, 1.54) is 5.56 Å². The summed E-state index contributed by atoms with van der Waals surface area (Å²) >= 11 is 0. The number of guanidine groups is 1. The predicted octanol–water partition coefficient (Wildman–Crippen LogP) is 2.73. The van der Waals surface area contributed by atoms with Crippen LogP contribution in [-0.2, 0) is 17.8 Å². The number of rotatable bonds is 7. The highest BCUT2D eigenvalue weighted by molar-refractivity contribution is 5.95. The summed E-state index contributed by atoms with van der Waals surface area (Å²) in [7, 11) is 3.46. The molecule has 2 aromatic rings. The number of hydrogen-bond acceptors (Lipinski definition) is 3. The average Bonchev–Trinajstić information content (AvgIpc) is 3.17. The summed E-state index contributed by atoms with van der Waals surface area (Å²) in [5.41, 5.74) is 3.29. The van der Waals surface area contributed by atoms with E-state index in [2.05, 4.69) is 33.8 Å². The van der Waals surface area contributed by atoms with Crippen LogP contribution < -0.4 is 20.3 Å². The second kappa shape index (κ2) is 9.78. The molecule has 3 rings (SSSR count). The highest BCUT2D eigenvalue weighted by Gasteiger charge is 2.21. The van der Waals surface area contributed by atoms with Crippen LogP contribution >= 0.6 is 0 Å². The Morgan fingerprint density at radius 2 is 1.93 bits per heavy atom. The summed E-state index contributed by atoms with van der Waals surface area (Å²) in [6.45, 7) is 2.25. The fourth-order valence-electron chi connectivity index (χ4n) is 3.35. The molecule has 2 aromatic carbocycles. The van der Waals surface area contributed by atoms with E-state index in [0.717, 1.165) is 48.9 Å². The third-order valence-corrected chi connectivity index (χ3v) is 4.88. The molecule has 0 atom stereocenters. The zero-order valence-corrected chi connectivity index (χ0v) is 16.6. The van der Waals surface area contributed by atoms with Crippen LogP contribution in [0.2, 0.25) is 0 Å². The maximum Gasteiger partial charge on any atom is 0.227 e. The van der Waals surface area contributed by atoms with Crippen LogP contribution in [0.5, 0.6) is 5.75 Å². The number of ether oxygens (including phenoxy) is 1. The minimum absolute atomic E-state index is 0.213. The number of methoxy groups -OCH3 is 1. The summed E-state index contributed by atoms with van der Waals surface area (Å²) in [4.78, 5) is 18.0. The van der Waals surface area contributed by atoms with Gasteiger partial charge in [0.05, 0.1) is 7.11 Å². The van der Waals surface area contributed by atoms with E-state index in [4.69, 9.17) is 4.74 Å². The SMILES string of the molecule is CN=C(NCCc1ccccc1OC)NCc1ccc(N2CCCC2=O)cc1. The zero-order chi connectivity index (χ0) is 19.8. The van der Waals surface area contributed by atoms with Crippen molar-refractivity contribution >= 4 is 17.6 Å². The topological polar surface area (TPSA) is 66.0 Å². The molecule has 1 aliphatic heterocycles. The van der Waals surface area contributed by atoms with Gasteiger partial charge in [0.2, 0.25) is 5.91 Å². The van der Waals surface area contributed by atoms with Crippen molar-refractivity contribution in [2.75, 3.05) is 32.1 Å². The fourth-order valence-corrected chi connectivity index (χ4v) is 3.35. The number of nitrogens with one attached hydrogen (secondary N) is 2. The van der Waals surface area contributed by atoms with Gasteiger partial charge in [-0.3, -0.25) is 9.79 Å². The van der Waals surface area contributed by atoms with Gasteiger partial charge in [-0.15, -0.1) is 0 Å². The number of benzene rings is 2. The monoisotopic (exact) mass is 380 g/mol. The van der Waals surface area contributed by atoms with Gasteiger partial charge in [-0.1, -0.05) is 30.3 Å². The number of aliphatic imine (C=N–C) groups is 1. The number of amides is 1. The van der Waals surface area contributed by atoms with Crippen LogP contribution in [0.4, 0.5) is 5.69 Å². The zero-order valence-electron chi connectivity index (χ0n) is 16.6.